The van der Waals surface area contributed by atoms with Crippen LogP contribution in [0, 0.1) is 0 Å². The van der Waals surface area contributed by atoms with Crippen LogP contribution in [0.1, 0.15) is 11.8 Å². The second-order valence-corrected chi connectivity index (χ2v) is 6.54. The predicted molar refractivity (Wildman–Crippen MR) is 65.6 cm³/mol. The molecular formula is C12H13NO3S. The van der Waals surface area contributed by atoms with Gasteiger partial charge in [0.05, 0.1) is 17.5 Å². The molecule has 2 heterocycles. The number of fused-ring (bicyclic) bond motifs is 1. The summed E-state index contributed by atoms with van der Waals surface area (Å²) in [6, 6.07) is 9.37. The SMILES string of the molecule is O=S1(=O)CCNC(c2cc3ccccc3o2)C1. The third-order valence-corrected chi connectivity index (χ3v) is 4.68. The van der Waals surface area contributed by atoms with Crippen LogP contribution >= 0.6 is 0 Å². The summed E-state index contributed by atoms with van der Waals surface area (Å²) in [5.41, 5.74) is 0.798. The van der Waals surface area contributed by atoms with Gasteiger partial charge in [0.1, 0.15) is 11.3 Å². The summed E-state index contributed by atoms with van der Waals surface area (Å²) in [5, 5.41) is 4.19. The van der Waals surface area contributed by atoms with Gasteiger partial charge >= 0.3 is 0 Å². The molecule has 0 spiro atoms. The number of benzene rings is 1. The van der Waals surface area contributed by atoms with Gasteiger partial charge in [-0.3, -0.25) is 0 Å². The number of sulfone groups is 1. The molecule has 0 radical (unpaired) electrons. The zero-order chi connectivity index (χ0) is 11.9. The second kappa shape index (κ2) is 3.85. The van der Waals surface area contributed by atoms with Crippen molar-refractivity contribution in [1.82, 2.24) is 5.32 Å². The van der Waals surface area contributed by atoms with Crippen molar-refractivity contribution in [3.8, 4) is 0 Å². The summed E-state index contributed by atoms with van der Waals surface area (Å²) in [6.45, 7) is 0.490. The molecule has 1 aromatic heterocycles. The Balaban J connectivity index is 1.98. The van der Waals surface area contributed by atoms with Gasteiger partial charge in [-0.15, -0.1) is 0 Å². The lowest BCUT2D eigenvalue weighted by Gasteiger charge is -2.21. The zero-order valence-corrected chi connectivity index (χ0v) is 10.0. The number of hydrogen-bond acceptors (Lipinski definition) is 4. The fourth-order valence-corrected chi connectivity index (χ4v) is 3.53. The van der Waals surface area contributed by atoms with E-state index in [1.807, 2.05) is 30.3 Å². The highest BCUT2D eigenvalue weighted by atomic mass is 32.2. The molecule has 1 unspecified atom stereocenters. The average Bonchev–Trinajstić information content (AvgIpc) is 2.71. The molecule has 1 fully saturated rings. The highest BCUT2D eigenvalue weighted by Crippen LogP contribution is 2.26. The molecule has 2 aromatic rings. The van der Waals surface area contributed by atoms with Crippen LogP contribution < -0.4 is 5.32 Å². The molecule has 3 rings (SSSR count). The summed E-state index contributed by atoms with van der Waals surface area (Å²) in [7, 11) is -2.94. The van der Waals surface area contributed by atoms with Gasteiger partial charge < -0.3 is 9.73 Å². The maximum atomic E-state index is 11.6. The Bertz CT molecular complexity index is 612. The molecule has 0 aliphatic carbocycles. The average molecular weight is 251 g/mol. The summed E-state index contributed by atoms with van der Waals surface area (Å²) >= 11 is 0. The fraction of sp³-hybridized carbons (Fsp3) is 0.333. The highest BCUT2D eigenvalue weighted by molar-refractivity contribution is 7.91. The van der Waals surface area contributed by atoms with E-state index in [4.69, 9.17) is 4.42 Å². The fourth-order valence-electron chi connectivity index (χ4n) is 2.14. The zero-order valence-electron chi connectivity index (χ0n) is 9.22. The third kappa shape index (κ3) is 2.08. The summed E-state index contributed by atoms with van der Waals surface area (Å²) < 4.78 is 28.8. The number of nitrogens with one attached hydrogen (secondary N) is 1. The molecule has 0 bridgehead atoms. The van der Waals surface area contributed by atoms with E-state index in [1.165, 1.54) is 0 Å². The minimum absolute atomic E-state index is 0.118. The molecule has 17 heavy (non-hydrogen) atoms. The molecule has 5 heteroatoms. The van der Waals surface area contributed by atoms with Crippen molar-refractivity contribution < 1.29 is 12.8 Å². The first-order chi connectivity index (χ1) is 8.14. The normalized spacial score (nSPS) is 23.9. The van der Waals surface area contributed by atoms with E-state index < -0.39 is 9.84 Å². The van der Waals surface area contributed by atoms with Crippen LogP contribution in [-0.4, -0.2) is 26.5 Å². The van der Waals surface area contributed by atoms with E-state index in [-0.39, 0.29) is 17.5 Å². The quantitative estimate of drug-likeness (QED) is 0.834. The molecule has 1 aliphatic heterocycles. The molecule has 1 aliphatic rings. The Labute approximate surface area is 99.5 Å². The Hall–Kier alpha value is -1.33. The minimum Gasteiger partial charge on any atom is -0.459 e. The van der Waals surface area contributed by atoms with Gasteiger partial charge in [0.2, 0.25) is 0 Å². The largest absolute Gasteiger partial charge is 0.459 e. The van der Waals surface area contributed by atoms with Crippen LogP contribution in [0.3, 0.4) is 0 Å². The lowest BCUT2D eigenvalue weighted by Crippen LogP contribution is -2.38. The predicted octanol–water partition coefficient (Wildman–Crippen LogP) is 1.49. The van der Waals surface area contributed by atoms with Crippen LogP contribution in [0.25, 0.3) is 11.0 Å². The van der Waals surface area contributed by atoms with Crippen LogP contribution in [0.15, 0.2) is 34.7 Å². The molecule has 0 saturated carbocycles. The first-order valence-corrected chi connectivity index (χ1v) is 7.38. The first kappa shape index (κ1) is 10.8. The standard InChI is InChI=1S/C12H13NO3S/c14-17(15)6-5-13-10(8-17)12-7-9-3-1-2-4-11(9)16-12/h1-4,7,10,13H,5-6,8H2. The molecule has 1 N–H and O–H groups in total. The smallest absolute Gasteiger partial charge is 0.153 e. The maximum absolute atomic E-state index is 11.6. The lowest BCUT2D eigenvalue weighted by molar-refractivity contribution is 0.445. The van der Waals surface area contributed by atoms with E-state index in [0.29, 0.717) is 12.3 Å². The van der Waals surface area contributed by atoms with Gasteiger partial charge in [-0.1, -0.05) is 18.2 Å². The van der Waals surface area contributed by atoms with Crippen molar-refractivity contribution in [2.75, 3.05) is 18.1 Å². The monoisotopic (exact) mass is 251 g/mol. The Kier molecular flexibility index (Phi) is 2.45. The molecular weight excluding hydrogens is 238 g/mol. The maximum Gasteiger partial charge on any atom is 0.153 e. The molecule has 1 saturated heterocycles. The van der Waals surface area contributed by atoms with Crippen LogP contribution in [0.5, 0.6) is 0 Å². The lowest BCUT2D eigenvalue weighted by atomic mass is 10.2. The van der Waals surface area contributed by atoms with Crippen LogP contribution in [0.2, 0.25) is 0 Å². The number of hydrogen-bond donors (Lipinski definition) is 1. The Morgan fingerprint density at radius 2 is 2.12 bits per heavy atom. The van der Waals surface area contributed by atoms with Crippen molar-refractivity contribution in [2.45, 2.75) is 6.04 Å². The summed E-state index contributed by atoms with van der Waals surface area (Å²) in [4.78, 5) is 0. The van der Waals surface area contributed by atoms with Crippen molar-refractivity contribution >= 4 is 20.8 Å². The minimum atomic E-state index is -2.94. The van der Waals surface area contributed by atoms with Crippen molar-refractivity contribution in [3.63, 3.8) is 0 Å². The van der Waals surface area contributed by atoms with Gasteiger partial charge in [0.15, 0.2) is 9.84 Å². The number of furan rings is 1. The molecule has 1 atom stereocenters. The summed E-state index contributed by atoms with van der Waals surface area (Å²) in [6.07, 6.45) is 0. The van der Waals surface area contributed by atoms with E-state index in [1.54, 1.807) is 0 Å². The van der Waals surface area contributed by atoms with Crippen molar-refractivity contribution in [3.05, 3.63) is 36.1 Å². The molecule has 0 amide bonds. The van der Waals surface area contributed by atoms with E-state index in [2.05, 4.69) is 5.32 Å². The van der Waals surface area contributed by atoms with E-state index in [0.717, 1.165) is 11.0 Å². The second-order valence-electron chi connectivity index (χ2n) is 4.31. The van der Waals surface area contributed by atoms with Gasteiger partial charge in [-0.25, -0.2) is 8.42 Å². The highest BCUT2D eigenvalue weighted by Gasteiger charge is 2.27. The van der Waals surface area contributed by atoms with Crippen molar-refractivity contribution in [1.29, 1.82) is 0 Å². The summed E-state index contributed by atoms with van der Waals surface area (Å²) in [5.74, 6) is 1.03. The Morgan fingerprint density at radius 1 is 1.29 bits per heavy atom. The topological polar surface area (TPSA) is 59.3 Å². The van der Waals surface area contributed by atoms with Crippen LogP contribution in [0.4, 0.5) is 0 Å². The Morgan fingerprint density at radius 3 is 2.88 bits per heavy atom. The van der Waals surface area contributed by atoms with Crippen LogP contribution in [-0.2, 0) is 9.84 Å². The molecule has 90 valence electrons. The van der Waals surface area contributed by atoms with E-state index >= 15 is 0 Å². The number of rotatable bonds is 1. The van der Waals surface area contributed by atoms with Gasteiger partial charge in [-0.05, 0) is 12.1 Å². The van der Waals surface area contributed by atoms with Gasteiger partial charge in [0.25, 0.3) is 0 Å². The number of para-hydroxylation sites is 1. The molecule has 4 nitrogen and oxygen atoms in total. The van der Waals surface area contributed by atoms with Crippen molar-refractivity contribution in [2.24, 2.45) is 0 Å². The first-order valence-electron chi connectivity index (χ1n) is 5.56. The van der Waals surface area contributed by atoms with Gasteiger partial charge in [0, 0.05) is 11.9 Å². The van der Waals surface area contributed by atoms with Gasteiger partial charge in [-0.2, -0.15) is 0 Å². The van der Waals surface area contributed by atoms with E-state index in [9.17, 15) is 8.42 Å². The third-order valence-electron chi connectivity index (χ3n) is 3.01. The molecule has 1 aromatic carbocycles.